The second kappa shape index (κ2) is 8.30. The van der Waals surface area contributed by atoms with Gasteiger partial charge in [0.25, 0.3) is 5.56 Å². The zero-order valence-electron chi connectivity index (χ0n) is 18.3. The molecule has 5 heterocycles. The number of piperidine rings is 1. The summed E-state index contributed by atoms with van der Waals surface area (Å²) in [4.78, 5) is 29.9. The molecule has 2 aliphatic rings. The zero-order valence-corrected chi connectivity index (χ0v) is 18.3. The monoisotopic (exact) mass is 418 g/mol. The lowest BCUT2D eigenvalue weighted by Gasteiger charge is -2.33. The van der Waals surface area contributed by atoms with E-state index in [4.69, 9.17) is 4.98 Å². The van der Waals surface area contributed by atoms with Crippen molar-refractivity contribution in [1.82, 2.24) is 24.4 Å². The van der Waals surface area contributed by atoms with Gasteiger partial charge in [0, 0.05) is 56.4 Å². The predicted octanol–water partition coefficient (Wildman–Crippen LogP) is 3.06. The van der Waals surface area contributed by atoms with Gasteiger partial charge in [-0.3, -0.25) is 14.7 Å². The molecule has 0 amide bonds. The van der Waals surface area contributed by atoms with E-state index >= 15 is 0 Å². The third-order valence-electron chi connectivity index (χ3n) is 6.46. The summed E-state index contributed by atoms with van der Waals surface area (Å²) in [6.45, 7) is 8.62. The molecule has 3 aromatic heterocycles. The number of nitrogens with zero attached hydrogens (tertiary/aromatic N) is 5. The second-order valence-electron chi connectivity index (χ2n) is 9.03. The van der Waals surface area contributed by atoms with Crippen molar-refractivity contribution in [2.75, 3.05) is 24.5 Å². The first-order chi connectivity index (χ1) is 15.1. The maximum absolute atomic E-state index is 12.8. The number of nitrogens with one attached hydrogen (secondary N) is 1. The summed E-state index contributed by atoms with van der Waals surface area (Å²) < 4.78 is 2.15. The van der Waals surface area contributed by atoms with E-state index in [1.165, 1.54) is 17.7 Å². The van der Waals surface area contributed by atoms with Crippen LogP contribution in [0.2, 0.25) is 0 Å². The second-order valence-corrected chi connectivity index (χ2v) is 9.03. The molecule has 31 heavy (non-hydrogen) atoms. The van der Waals surface area contributed by atoms with E-state index in [-0.39, 0.29) is 5.56 Å². The fraction of sp³-hybridized carbons (Fsp3) is 0.458. The fourth-order valence-corrected chi connectivity index (χ4v) is 4.80. The lowest BCUT2D eigenvalue weighted by atomic mass is 10.0. The Bertz CT molecular complexity index is 1130. The number of rotatable bonds is 4. The van der Waals surface area contributed by atoms with E-state index in [1.807, 2.05) is 12.3 Å². The third-order valence-corrected chi connectivity index (χ3v) is 6.46. The highest BCUT2D eigenvalue weighted by Gasteiger charge is 2.25. The highest BCUT2D eigenvalue weighted by molar-refractivity contribution is 5.35. The van der Waals surface area contributed by atoms with Gasteiger partial charge in [-0.05, 0) is 61.9 Å². The average molecular weight is 419 g/mol. The Hall–Kier alpha value is -2.93. The largest absolute Gasteiger partial charge is 0.342 e. The minimum atomic E-state index is 0.0326. The average Bonchev–Trinajstić information content (AvgIpc) is 3.21. The van der Waals surface area contributed by atoms with Crippen LogP contribution in [0.25, 0.3) is 5.82 Å². The van der Waals surface area contributed by atoms with E-state index in [0.717, 1.165) is 62.0 Å². The maximum Gasteiger partial charge on any atom is 0.255 e. The predicted molar refractivity (Wildman–Crippen MR) is 122 cm³/mol. The topological polar surface area (TPSA) is 70.1 Å². The lowest BCUT2D eigenvalue weighted by molar-refractivity contribution is 0.236. The molecule has 0 saturated carbocycles. The van der Waals surface area contributed by atoms with Crippen LogP contribution in [-0.2, 0) is 19.5 Å². The van der Waals surface area contributed by atoms with Crippen LogP contribution in [0.1, 0.15) is 42.3 Å². The fourth-order valence-electron chi connectivity index (χ4n) is 4.80. The molecule has 0 aromatic carbocycles. The molecule has 0 aliphatic carbocycles. The van der Waals surface area contributed by atoms with Crippen molar-refractivity contribution >= 4 is 5.95 Å². The molecule has 1 unspecified atom stereocenters. The number of aromatic nitrogens is 4. The van der Waals surface area contributed by atoms with Gasteiger partial charge in [-0.2, -0.15) is 0 Å². The number of aryl methyl sites for hydroxylation is 1. The Morgan fingerprint density at radius 1 is 1.26 bits per heavy atom. The third kappa shape index (κ3) is 4.14. The van der Waals surface area contributed by atoms with Crippen LogP contribution in [0.3, 0.4) is 0 Å². The summed E-state index contributed by atoms with van der Waals surface area (Å²) in [5.74, 6) is 2.31. The van der Waals surface area contributed by atoms with Crippen molar-refractivity contribution < 1.29 is 0 Å². The van der Waals surface area contributed by atoms with Gasteiger partial charge in [0.15, 0.2) is 0 Å². The molecule has 3 aromatic rings. The molecule has 0 bridgehead atoms. The standard InChI is InChI=1S/C24H30N6O/c1-17-7-9-25-22(13-17)30-11-4-6-19(30)15-28-12-8-20-21(16-28)26-24(27-23(20)31)29-10-3-5-18(2)14-29/h4,6-7,9,11,13,18H,3,5,8,10,12,14-16H2,1-2H3,(H,26,27,31). The van der Waals surface area contributed by atoms with Crippen molar-refractivity contribution in [2.45, 2.75) is 46.2 Å². The van der Waals surface area contributed by atoms with Crippen LogP contribution in [0.15, 0.2) is 41.5 Å². The Balaban J connectivity index is 1.37. The number of fused-ring (bicyclic) bond motifs is 1. The Morgan fingerprint density at radius 3 is 3.00 bits per heavy atom. The van der Waals surface area contributed by atoms with Crippen LogP contribution in [-0.4, -0.2) is 44.1 Å². The highest BCUT2D eigenvalue weighted by Crippen LogP contribution is 2.23. The Kier molecular flexibility index (Phi) is 5.36. The van der Waals surface area contributed by atoms with Crippen molar-refractivity contribution in [2.24, 2.45) is 5.92 Å². The van der Waals surface area contributed by atoms with E-state index in [0.29, 0.717) is 12.5 Å². The number of H-pyrrole nitrogens is 1. The van der Waals surface area contributed by atoms with Crippen molar-refractivity contribution in [3.63, 3.8) is 0 Å². The van der Waals surface area contributed by atoms with E-state index in [2.05, 4.69) is 62.6 Å². The Morgan fingerprint density at radius 2 is 2.16 bits per heavy atom. The zero-order chi connectivity index (χ0) is 21.4. The van der Waals surface area contributed by atoms with Gasteiger partial charge in [0.05, 0.1) is 5.69 Å². The summed E-state index contributed by atoms with van der Waals surface area (Å²) in [7, 11) is 0. The summed E-state index contributed by atoms with van der Waals surface area (Å²) in [6.07, 6.45) is 7.04. The minimum Gasteiger partial charge on any atom is -0.342 e. The first kappa shape index (κ1) is 20.0. The smallest absolute Gasteiger partial charge is 0.255 e. The lowest BCUT2D eigenvalue weighted by Crippen LogP contribution is -2.39. The maximum atomic E-state index is 12.8. The van der Waals surface area contributed by atoms with E-state index < -0.39 is 0 Å². The summed E-state index contributed by atoms with van der Waals surface area (Å²) >= 11 is 0. The molecule has 1 saturated heterocycles. The molecule has 1 atom stereocenters. The molecule has 0 spiro atoms. The van der Waals surface area contributed by atoms with Crippen molar-refractivity contribution in [3.8, 4) is 5.82 Å². The normalized spacial score (nSPS) is 19.4. The Labute approximate surface area is 182 Å². The molecule has 1 fully saturated rings. The number of aromatic amines is 1. The quantitative estimate of drug-likeness (QED) is 0.705. The highest BCUT2D eigenvalue weighted by atomic mass is 16.1. The molecular formula is C24H30N6O. The van der Waals surface area contributed by atoms with Gasteiger partial charge in [-0.1, -0.05) is 6.92 Å². The van der Waals surface area contributed by atoms with Crippen LogP contribution in [0.5, 0.6) is 0 Å². The summed E-state index contributed by atoms with van der Waals surface area (Å²) in [5.41, 5.74) is 4.19. The van der Waals surface area contributed by atoms with Gasteiger partial charge in [-0.15, -0.1) is 0 Å². The summed E-state index contributed by atoms with van der Waals surface area (Å²) in [5, 5.41) is 0. The molecule has 7 heteroatoms. The van der Waals surface area contributed by atoms with Gasteiger partial charge < -0.3 is 9.47 Å². The van der Waals surface area contributed by atoms with E-state index in [1.54, 1.807) is 0 Å². The van der Waals surface area contributed by atoms with Gasteiger partial charge >= 0.3 is 0 Å². The van der Waals surface area contributed by atoms with Crippen molar-refractivity contribution in [3.05, 3.63) is 69.5 Å². The van der Waals surface area contributed by atoms with Crippen molar-refractivity contribution in [1.29, 1.82) is 0 Å². The molecule has 5 rings (SSSR count). The van der Waals surface area contributed by atoms with Crippen LogP contribution in [0.4, 0.5) is 5.95 Å². The number of anilines is 1. The SMILES string of the molecule is Cc1ccnc(-n2cccc2CN2CCc3c(nc(N4CCCC(C)C4)[nH]c3=O)C2)c1. The summed E-state index contributed by atoms with van der Waals surface area (Å²) in [6, 6.07) is 8.32. The van der Waals surface area contributed by atoms with E-state index in [9.17, 15) is 4.79 Å². The molecule has 0 radical (unpaired) electrons. The minimum absolute atomic E-state index is 0.0326. The van der Waals surface area contributed by atoms with Crippen LogP contribution < -0.4 is 10.5 Å². The number of hydrogen-bond acceptors (Lipinski definition) is 5. The number of hydrogen-bond donors (Lipinski definition) is 1. The molecule has 1 N–H and O–H groups in total. The van der Waals surface area contributed by atoms with Gasteiger partial charge in [-0.25, -0.2) is 9.97 Å². The first-order valence-corrected chi connectivity index (χ1v) is 11.3. The molecule has 162 valence electrons. The van der Waals surface area contributed by atoms with Gasteiger partial charge in [0.2, 0.25) is 5.95 Å². The molecular weight excluding hydrogens is 388 g/mol. The van der Waals surface area contributed by atoms with Crippen LogP contribution in [0, 0.1) is 12.8 Å². The molecule has 7 nitrogen and oxygen atoms in total. The first-order valence-electron chi connectivity index (χ1n) is 11.3. The van der Waals surface area contributed by atoms with Crippen LogP contribution >= 0.6 is 0 Å². The molecule has 2 aliphatic heterocycles. The number of pyridine rings is 1. The van der Waals surface area contributed by atoms with Gasteiger partial charge in [0.1, 0.15) is 5.82 Å².